The van der Waals surface area contributed by atoms with E-state index in [2.05, 4.69) is 24.2 Å². The summed E-state index contributed by atoms with van der Waals surface area (Å²) in [6.07, 6.45) is 4.90. The molecule has 2 heteroatoms. The van der Waals surface area contributed by atoms with Gasteiger partial charge in [0.1, 0.15) is 0 Å². The van der Waals surface area contributed by atoms with Crippen molar-refractivity contribution in [1.82, 2.24) is 5.32 Å². The van der Waals surface area contributed by atoms with Crippen LogP contribution in [-0.4, -0.2) is 12.9 Å². The van der Waals surface area contributed by atoms with Crippen LogP contribution in [0.2, 0.25) is 0 Å². The molecule has 0 radical (unpaired) electrons. The van der Waals surface area contributed by atoms with Crippen LogP contribution in [0.15, 0.2) is 16.8 Å². The summed E-state index contributed by atoms with van der Waals surface area (Å²) < 4.78 is 0. The van der Waals surface area contributed by atoms with Crippen LogP contribution in [0.3, 0.4) is 0 Å². The Kier molecular flexibility index (Phi) is 14.8. The van der Waals surface area contributed by atoms with Gasteiger partial charge in [0.05, 0.1) is 12.9 Å². The second-order valence-electron chi connectivity index (χ2n) is 2.33. The smallest absolute Gasteiger partial charge is 0.0867 e. The molecule has 0 aromatic rings. The zero-order chi connectivity index (χ0) is 9.82. The van der Waals surface area contributed by atoms with E-state index in [1.807, 2.05) is 27.0 Å². The maximum atomic E-state index is 3.95. The molecule has 1 N–H and O–H groups in total. The molecule has 0 bridgehead atoms. The van der Waals surface area contributed by atoms with Crippen molar-refractivity contribution in [2.24, 2.45) is 4.99 Å². The highest BCUT2D eigenvalue weighted by Gasteiger charge is 1.86. The van der Waals surface area contributed by atoms with Gasteiger partial charge in [0.2, 0.25) is 0 Å². The van der Waals surface area contributed by atoms with E-state index in [0.717, 1.165) is 6.54 Å². The summed E-state index contributed by atoms with van der Waals surface area (Å²) in [4.78, 5) is 3.95. The van der Waals surface area contributed by atoms with Crippen molar-refractivity contribution in [3.05, 3.63) is 11.8 Å². The molecule has 0 atom stereocenters. The van der Waals surface area contributed by atoms with Gasteiger partial charge in [0.15, 0.2) is 0 Å². The molecule has 12 heavy (non-hydrogen) atoms. The highest BCUT2D eigenvalue weighted by Crippen LogP contribution is 1.91. The first-order valence-electron chi connectivity index (χ1n) is 4.71. The lowest BCUT2D eigenvalue weighted by Gasteiger charge is -2.00. The van der Waals surface area contributed by atoms with Crippen molar-refractivity contribution in [1.29, 1.82) is 0 Å². The van der Waals surface area contributed by atoms with Crippen molar-refractivity contribution in [3.8, 4) is 0 Å². The van der Waals surface area contributed by atoms with E-state index in [0.29, 0.717) is 0 Å². The Bertz CT molecular complexity index is 126. The van der Waals surface area contributed by atoms with Crippen molar-refractivity contribution in [2.75, 3.05) is 6.54 Å². The van der Waals surface area contributed by atoms with Crippen molar-refractivity contribution in [2.45, 2.75) is 41.0 Å². The molecule has 1 aliphatic heterocycles. The molecule has 0 spiro atoms. The number of rotatable bonds is 0. The number of nitrogens with zero attached hydrogens (tertiary/aromatic N) is 1. The van der Waals surface area contributed by atoms with E-state index < -0.39 is 0 Å². The van der Waals surface area contributed by atoms with Crippen molar-refractivity contribution < 1.29 is 0 Å². The lowest BCUT2D eigenvalue weighted by atomic mass is 10.3. The molecule has 1 aliphatic rings. The average molecular weight is 170 g/mol. The van der Waals surface area contributed by atoms with Gasteiger partial charge in [-0.25, -0.2) is 0 Å². The maximum absolute atomic E-state index is 3.95. The van der Waals surface area contributed by atoms with E-state index in [1.54, 1.807) is 6.34 Å². The molecule has 72 valence electrons. The third-order valence-corrected chi connectivity index (χ3v) is 0.836. The fraction of sp³-hybridized carbons (Fsp3) is 0.700. The molecule has 0 saturated carbocycles. The standard InChI is InChI=1S/C5H8N2.C3H8.C2H6/c1-5-2-6-4-7-3-5;1-3-2;1-2/h2,4H,3H2,1H3,(H,6,7);3H2,1-2H3;1-2H3. The average Bonchev–Trinajstić information content (AvgIpc) is 2.11. The molecule has 0 aromatic heterocycles. The largest absolute Gasteiger partial charge is 0.353 e. The molecule has 1 rings (SSSR count). The first kappa shape index (κ1) is 13.8. The predicted octanol–water partition coefficient (Wildman–Crippen LogP) is 2.96. The van der Waals surface area contributed by atoms with Gasteiger partial charge in [0, 0.05) is 6.20 Å². The molecule has 0 fully saturated rings. The Morgan fingerprint density at radius 1 is 1.42 bits per heavy atom. The summed E-state index contributed by atoms with van der Waals surface area (Å²) in [6, 6.07) is 0. The van der Waals surface area contributed by atoms with E-state index in [4.69, 9.17) is 0 Å². The molecular weight excluding hydrogens is 148 g/mol. The fourth-order valence-corrected chi connectivity index (χ4v) is 0.468. The highest BCUT2D eigenvalue weighted by atomic mass is 14.9. The van der Waals surface area contributed by atoms with Gasteiger partial charge in [-0.3, -0.25) is 4.99 Å². The Morgan fingerprint density at radius 2 is 1.92 bits per heavy atom. The molecule has 1 heterocycles. The van der Waals surface area contributed by atoms with E-state index in [9.17, 15) is 0 Å². The summed E-state index contributed by atoms with van der Waals surface area (Å²) >= 11 is 0. The quantitative estimate of drug-likeness (QED) is 0.594. The van der Waals surface area contributed by atoms with E-state index in [1.165, 1.54) is 12.0 Å². The maximum Gasteiger partial charge on any atom is 0.0867 e. The third-order valence-electron chi connectivity index (χ3n) is 0.836. The monoisotopic (exact) mass is 170 g/mol. The van der Waals surface area contributed by atoms with Crippen molar-refractivity contribution >= 4 is 6.34 Å². The minimum atomic E-state index is 0.854. The van der Waals surface area contributed by atoms with Crippen LogP contribution in [0, 0.1) is 0 Å². The summed E-state index contributed by atoms with van der Waals surface area (Å²) in [6.45, 7) is 11.1. The highest BCUT2D eigenvalue weighted by molar-refractivity contribution is 5.57. The van der Waals surface area contributed by atoms with Gasteiger partial charge in [0.25, 0.3) is 0 Å². The molecule has 0 aromatic carbocycles. The SMILES string of the molecule is CC.CC1=CNC=NC1.CCC. The molecule has 0 aliphatic carbocycles. The summed E-state index contributed by atoms with van der Waals surface area (Å²) in [5.74, 6) is 0. The molecule has 0 saturated heterocycles. The summed E-state index contributed by atoms with van der Waals surface area (Å²) in [7, 11) is 0. The zero-order valence-corrected chi connectivity index (χ0v) is 9.02. The number of aliphatic imine (C=N–C) groups is 1. The van der Waals surface area contributed by atoms with Gasteiger partial charge < -0.3 is 5.32 Å². The van der Waals surface area contributed by atoms with Crippen LogP contribution in [0.4, 0.5) is 0 Å². The van der Waals surface area contributed by atoms with E-state index in [-0.39, 0.29) is 0 Å². The van der Waals surface area contributed by atoms with Gasteiger partial charge in [-0.1, -0.05) is 34.1 Å². The zero-order valence-electron chi connectivity index (χ0n) is 9.02. The molecule has 0 amide bonds. The Hall–Kier alpha value is -0.790. The van der Waals surface area contributed by atoms with Crippen molar-refractivity contribution in [3.63, 3.8) is 0 Å². The second-order valence-corrected chi connectivity index (χ2v) is 2.33. The van der Waals surface area contributed by atoms with Gasteiger partial charge >= 0.3 is 0 Å². The van der Waals surface area contributed by atoms with Crippen LogP contribution in [0.1, 0.15) is 41.0 Å². The normalized spacial score (nSPS) is 12.6. The van der Waals surface area contributed by atoms with Gasteiger partial charge in [-0.15, -0.1) is 0 Å². The Morgan fingerprint density at radius 3 is 2.08 bits per heavy atom. The first-order chi connectivity index (χ1) is 5.81. The number of hydrogen-bond donors (Lipinski definition) is 1. The minimum absolute atomic E-state index is 0.854. The topological polar surface area (TPSA) is 24.4 Å². The van der Waals surface area contributed by atoms with Gasteiger partial charge in [-0.2, -0.15) is 0 Å². The Labute approximate surface area is 76.8 Å². The second kappa shape index (κ2) is 12.8. The predicted molar refractivity (Wildman–Crippen MR) is 57.6 cm³/mol. The van der Waals surface area contributed by atoms with Crippen LogP contribution in [0.5, 0.6) is 0 Å². The van der Waals surface area contributed by atoms with E-state index >= 15 is 0 Å². The lowest BCUT2D eigenvalue weighted by Crippen LogP contribution is -2.08. The van der Waals surface area contributed by atoms with Crippen LogP contribution in [0.25, 0.3) is 0 Å². The third kappa shape index (κ3) is 11.9. The fourth-order valence-electron chi connectivity index (χ4n) is 0.468. The minimum Gasteiger partial charge on any atom is -0.353 e. The number of nitrogens with one attached hydrogen (secondary N) is 1. The lowest BCUT2D eigenvalue weighted by molar-refractivity contribution is 1.05. The summed E-state index contributed by atoms with van der Waals surface area (Å²) in [5.41, 5.74) is 1.28. The van der Waals surface area contributed by atoms with Crippen LogP contribution in [-0.2, 0) is 0 Å². The summed E-state index contributed by atoms with van der Waals surface area (Å²) in [5, 5.41) is 2.88. The van der Waals surface area contributed by atoms with Crippen LogP contribution < -0.4 is 5.32 Å². The first-order valence-corrected chi connectivity index (χ1v) is 4.71. The number of hydrogen-bond acceptors (Lipinski definition) is 2. The molecule has 0 unspecified atom stereocenters. The molecular formula is C10H22N2. The Balaban J connectivity index is 0. The van der Waals surface area contributed by atoms with Crippen LogP contribution >= 0.6 is 0 Å². The van der Waals surface area contributed by atoms with Gasteiger partial charge in [-0.05, 0) is 12.5 Å². The molecule has 2 nitrogen and oxygen atoms in total.